The predicted octanol–water partition coefficient (Wildman–Crippen LogP) is 0.469. The van der Waals surface area contributed by atoms with Crippen LogP contribution in [0.1, 0.15) is 21.7 Å². The molecule has 0 fully saturated rings. The van der Waals surface area contributed by atoms with E-state index in [4.69, 9.17) is 5.26 Å². The van der Waals surface area contributed by atoms with Crippen LogP contribution < -0.4 is 0 Å². The van der Waals surface area contributed by atoms with E-state index in [1.54, 1.807) is 6.92 Å². The van der Waals surface area contributed by atoms with Gasteiger partial charge in [-0.2, -0.15) is 5.26 Å². The van der Waals surface area contributed by atoms with Crippen molar-refractivity contribution in [1.29, 1.82) is 5.26 Å². The summed E-state index contributed by atoms with van der Waals surface area (Å²) in [6.07, 6.45) is 0.615. The van der Waals surface area contributed by atoms with Gasteiger partial charge in [-0.3, -0.25) is 4.79 Å². The normalized spacial score (nSPS) is 8.73. The van der Waals surface area contributed by atoms with Gasteiger partial charge in [0.2, 0.25) is 0 Å². The Morgan fingerprint density at radius 1 is 1.64 bits per heavy atom. The molecule has 0 aliphatic rings. The highest BCUT2D eigenvalue weighted by Gasteiger charge is 1.99. The monoisotopic (exact) mass is 147 g/mol. The van der Waals surface area contributed by atoms with E-state index in [9.17, 15) is 4.79 Å². The van der Waals surface area contributed by atoms with E-state index in [0.29, 0.717) is 11.8 Å². The number of hydrogen-bond donors (Lipinski definition) is 0. The van der Waals surface area contributed by atoms with Crippen molar-refractivity contribution in [2.45, 2.75) is 6.92 Å². The van der Waals surface area contributed by atoms with Gasteiger partial charge in [0.1, 0.15) is 11.8 Å². The molecule has 0 aliphatic carbocycles. The van der Waals surface area contributed by atoms with Crippen molar-refractivity contribution in [2.75, 3.05) is 0 Å². The molecule has 1 rings (SSSR count). The molecule has 54 valence electrons. The minimum atomic E-state index is 0.230. The highest BCUT2D eigenvalue weighted by Crippen LogP contribution is 2.00. The maximum Gasteiger partial charge on any atom is 0.170 e. The number of nitrogens with zero attached hydrogens (tertiary/aromatic N) is 3. The fourth-order valence-electron chi connectivity index (χ4n) is 0.666. The van der Waals surface area contributed by atoms with Crippen LogP contribution in [-0.2, 0) is 0 Å². The molecule has 11 heavy (non-hydrogen) atoms. The van der Waals surface area contributed by atoms with E-state index in [1.807, 2.05) is 6.07 Å². The number of aryl methyl sites for hydroxylation is 1. The van der Waals surface area contributed by atoms with Crippen LogP contribution in [0.2, 0.25) is 0 Å². The third kappa shape index (κ3) is 1.38. The lowest BCUT2D eigenvalue weighted by Gasteiger charge is -1.93. The largest absolute Gasteiger partial charge is 0.296 e. The molecular weight excluding hydrogens is 142 g/mol. The fourth-order valence-corrected chi connectivity index (χ4v) is 0.666. The maximum absolute atomic E-state index is 10.2. The van der Waals surface area contributed by atoms with Gasteiger partial charge in [-0.05, 0) is 18.6 Å². The number of aromatic nitrogens is 2. The third-order valence-corrected chi connectivity index (χ3v) is 1.25. The van der Waals surface area contributed by atoms with E-state index in [-0.39, 0.29) is 11.4 Å². The summed E-state index contributed by atoms with van der Waals surface area (Å²) in [7, 11) is 0. The van der Waals surface area contributed by atoms with Crippen LogP contribution in [0.3, 0.4) is 0 Å². The summed E-state index contributed by atoms with van der Waals surface area (Å²) in [5.41, 5.74) is 1.18. The molecule has 0 bridgehead atoms. The first kappa shape index (κ1) is 7.35. The van der Waals surface area contributed by atoms with E-state index >= 15 is 0 Å². The van der Waals surface area contributed by atoms with Gasteiger partial charge in [0.05, 0.1) is 0 Å². The van der Waals surface area contributed by atoms with Crippen LogP contribution in [0.4, 0.5) is 0 Å². The molecule has 0 radical (unpaired) electrons. The quantitative estimate of drug-likeness (QED) is 0.541. The predicted molar refractivity (Wildman–Crippen MR) is 36.9 cm³/mol. The Balaban J connectivity index is 3.22. The highest BCUT2D eigenvalue weighted by atomic mass is 16.1. The summed E-state index contributed by atoms with van der Waals surface area (Å²) in [6, 6.07) is 3.35. The molecule has 0 saturated heterocycles. The van der Waals surface area contributed by atoms with E-state index in [2.05, 4.69) is 10.2 Å². The van der Waals surface area contributed by atoms with Crippen molar-refractivity contribution in [3.8, 4) is 6.07 Å². The molecule has 0 aromatic carbocycles. The molecular formula is C7H5N3O. The lowest BCUT2D eigenvalue weighted by molar-refractivity contribution is 0.111. The summed E-state index contributed by atoms with van der Waals surface area (Å²) >= 11 is 0. The number of hydrogen-bond acceptors (Lipinski definition) is 4. The van der Waals surface area contributed by atoms with Crippen molar-refractivity contribution in [1.82, 2.24) is 10.2 Å². The van der Waals surface area contributed by atoms with Gasteiger partial charge in [0.25, 0.3) is 0 Å². The molecule has 0 N–H and O–H groups in total. The number of aldehydes is 1. The number of rotatable bonds is 1. The summed E-state index contributed by atoms with van der Waals surface area (Å²) < 4.78 is 0. The zero-order valence-electron chi connectivity index (χ0n) is 5.90. The van der Waals surface area contributed by atoms with Gasteiger partial charge in [-0.15, -0.1) is 10.2 Å². The van der Waals surface area contributed by atoms with Crippen LogP contribution >= 0.6 is 0 Å². The number of carbonyl (C=O) groups excluding carboxylic acids is 1. The first-order valence-corrected chi connectivity index (χ1v) is 2.97. The second kappa shape index (κ2) is 2.88. The van der Waals surface area contributed by atoms with E-state index in [1.165, 1.54) is 6.07 Å². The second-order valence-electron chi connectivity index (χ2n) is 2.03. The molecule has 1 heterocycles. The molecule has 0 unspecified atom stereocenters. The first-order chi connectivity index (χ1) is 5.27. The minimum Gasteiger partial charge on any atom is -0.296 e. The molecule has 0 saturated carbocycles. The lowest BCUT2D eigenvalue weighted by Crippen LogP contribution is -1.96. The van der Waals surface area contributed by atoms with Gasteiger partial charge in [0, 0.05) is 0 Å². The van der Waals surface area contributed by atoms with Crippen LogP contribution in [0.15, 0.2) is 6.07 Å². The average molecular weight is 147 g/mol. The average Bonchev–Trinajstić information content (AvgIpc) is 2.04. The van der Waals surface area contributed by atoms with Gasteiger partial charge < -0.3 is 0 Å². The Kier molecular flexibility index (Phi) is 1.93. The Bertz CT molecular complexity index is 327. The third-order valence-electron chi connectivity index (χ3n) is 1.25. The molecule has 1 aromatic heterocycles. The molecule has 0 atom stereocenters. The second-order valence-corrected chi connectivity index (χ2v) is 2.03. The van der Waals surface area contributed by atoms with Crippen LogP contribution in [0.5, 0.6) is 0 Å². The lowest BCUT2D eigenvalue weighted by atomic mass is 10.2. The molecule has 4 heteroatoms. The van der Waals surface area contributed by atoms with Crippen molar-refractivity contribution in [3.05, 3.63) is 23.0 Å². The Morgan fingerprint density at radius 2 is 2.36 bits per heavy atom. The van der Waals surface area contributed by atoms with Gasteiger partial charge >= 0.3 is 0 Å². The summed E-state index contributed by atoms with van der Waals surface area (Å²) in [5, 5.41) is 15.4. The number of carbonyl (C=O) groups is 1. The Hall–Kier alpha value is -1.76. The topological polar surface area (TPSA) is 66.6 Å². The SMILES string of the molecule is Cc1cc(C#N)nnc1C=O. The van der Waals surface area contributed by atoms with Crippen LogP contribution in [-0.4, -0.2) is 16.5 Å². The molecule has 4 nitrogen and oxygen atoms in total. The Labute approximate surface area is 63.5 Å². The molecule has 0 aliphatic heterocycles. The first-order valence-electron chi connectivity index (χ1n) is 2.97. The zero-order valence-corrected chi connectivity index (χ0v) is 5.90. The highest BCUT2D eigenvalue weighted by molar-refractivity contribution is 5.73. The van der Waals surface area contributed by atoms with Crippen molar-refractivity contribution < 1.29 is 4.79 Å². The van der Waals surface area contributed by atoms with Gasteiger partial charge in [-0.25, -0.2) is 0 Å². The van der Waals surface area contributed by atoms with E-state index < -0.39 is 0 Å². The van der Waals surface area contributed by atoms with Crippen molar-refractivity contribution in [2.24, 2.45) is 0 Å². The minimum absolute atomic E-state index is 0.230. The van der Waals surface area contributed by atoms with Gasteiger partial charge in [-0.1, -0.05) is 0 Å². The summed E-state index contributed by atoms with van der Waals surface area (Å²) in [5.74, 6) is 0. The molecule has 0 amide bonds. The standard InChI is InChI=1S/C7H5N3O/c1-5-2-6(3-8)9-10-7(5)4-11/h2,4H,1H3. The summed E-state index contributed by atoms with van der Waals surface area (Å²) in [4.78, 5) is 10.2. The molecule has 0 spiro atoms. The maximum atomic E-state index is 10.2. The Morgan fingerprint density at radius 3 is 2.82 bits per heavy atom. The van der Waals surface area contributed by atoms with Crippen LogP contribution in [0.25, 0.3) is 0 Å². The number of nitriles is 1. The van der Waals surface area contributed by atoms with Crippen molar-refractivity contribution >= 4 is 6.29 Å². The van der Waals surface area contributed by atoms with E-state index in [0.717, 1.165) is 0 Å². The van der Waals surface area contributed by atoms with Crippen molar-refractivity contribution in [3.63, 3.8) is 0 Å². The van der Waals surface area contributed by atoms with Crippen LogP contribution in [0, 0.1) is 18.3 Å². The van der Waals surface area contributed by atoms with Gasteiger partial charge in [0.15, 0.2) is 12.0 Å². The summed E-state index contributed by atoms with van der Waals surface area (Å²) in [6.45, 7) is 1.71. The molecule has 1 aromatic rings. The smallest absolute Gasteiger partial charge is 0.170 e. The fraction of sp³-hybridized carbons (Fsp3) is 0.143. The zero-order chi connectivity index (χ0) is 8.27.